The Bertz CT molecular complexity index is 947. The van der Waals surface area contributed by atoms with Crippen molar-refractivity contribution < 1.29 is 14.3 Å². The van der Waals surface area contributed by atoms with E-state index in [2.05, 4.69) is 5.32 Å². The molecule has 1 atom stereocenters. The molecule has 1 amide bonds. The van der Waals surface area contributed by atoms with E-state index in [1.807, 2.05) is 24.3 Å². The number of amides is 1. The Balaban J connectivity index is 1.73. The number of ether oxygens (including phenoxy) is 2. The third-order valence-corrected chi connectivity index (χ3v) is 4.90. The molecule has 1 aliphatic rings. The molecule has 0 aliphatic carbocycles. The topological polar surface area (TPSA) is 71.3 Å². The number of carbonyl (C=O) groups is 1. The van der Waals surface area contributed by atoms with Gasteiger partial charge in [0.25, 0.3) is 5.91 Å². The Hall–Kier alpha value is -2.52. The minimum absolute atomic E-state index is 0.00153. The number of halogens is 2. The number of nitrogens with zero attached hydrogens (tertiary/aromatic N) is 1. The van der Waals surface area contributed by atoms with Crippen molar-refractivity contribution >= 4 is 35.2 Å². The van der Waals surface area contributed by atoms with E-state index in [4.69, 9.17) is 32.7 Å². The zero-order valence-electron chi connectivity index (χ0n) is 15.7. The summed E-state index contributed by atoms with van der Waals surface area (Å²) < 4.78 is 11.4. The fourth-order valence-electron chi connectivity index (χ4n) is 2.96. The van der Waals surface area contributed by atoms with Crippen molar-refractivity contribution in [1.82, 2.24) is 5.32 Å². The van der Waals surface area contributed by atoms with Crippen LogP contribution in [0.1, 0.15) is 24.0 Å². The molecule has 150 valence electrons. The number of nitrogens with one attached hydrogen (secondary N) is 1. The highest BCUT2D eigenvalue weighted by atomic mass is 35.5. The van der Waals surface area contributed by atoms with Gasteiger partial charge in [-0.05, 0) is 54.8 Å². The Morgan fingerprint density at radius 3 is 2.83 bits per heavy atom. The van der Waals surface area contributed by atoms with Gasteiger partial charge in [0.1, 0.15) is 24.0 Å². The van der Waals surface area contributed by atoms with E-state index >= 15 is 0 Å². The summed E-state index contributed by atoms with van der Waals surface area (Å²) >= 11 is 12.1. The van der Waals surface area contributed by atoms with Gasteiger partial charge in [-0.1, -0.05) is 35.3 Å². The second-order valence-corrected chi connectivity index (χ2v) is 7.49. The first-order valence-electron chi connectivity index (χ1n) is 9.23. The molecule has 1 heterocycles. The molecule has 0 unspecified atom stereocenters. The third kappa shape index (κ3) is 6.23. The van der Waals surface area contributed by atoms with Crippen LogP contribution in [0, 0.1) is 11.3 Å². The van der Waals surface area contributed by atoms with Gasteiger partial charge in [-0.15, -0.1) is 0 Å². The zero-order valence-corrected chi connectivity index (χ0v) is 17.2. The predicted molar refractivity (Wildman–Crippen MR) is 113 cm³/mol. The molecule has 3 rings (SSSR count). The molecule has 2 aromatic carbocycles. The fraction of sp³-hybridized carbons (Fsp3) is 0.273. The molecule has 2 aromatic rings. The summed E-state index contributed by atoms with van der Waals surface area (Å²) in [6.07, 6.45) is 3.37. The second kappa shape index (κ2) is 10.3. The lowest BCUT2D eigenvalue weighted by Crippen LogP contribution is -2.32. The molecular weight excluding hydrogens is 411 g/mol. The average Bonchev–Trinajstić information content (AvgIpc) is 3.23. The van der Waals surface area contributed by atoms with Gasteiger partial charge in [-0.3, -0.25) is 4.79 Å². The first kappa shape index (κ1) is 21.2. The van der Waals surface area contributed by atoms with Crippen LogP contribution in [-0.2, 0) is 16.1 Å². The minimum Gasteiger partial charge on any atom is -0.488 e. The first-order valence-corrected chi connectivity index (χ1v) is 9.99. The number of hydrogen-bond donors (Lipinski definition) is 1. The maximum absolute atomic E-state index is 12.4. The van der Waals surface area contributed by atoms with Gasteiger partial charge < -0.3 is 14.8 Å². The summed E-state index contributed by atoms with van der Waals surface area (Å²) in [5.74, 6) is 0.0535. The lowest BCUT2D eigenvalue weighted by atomic mass is 10.1. The van der Waals surface area contributed by atoms with Gasteiger partial charge in [-0.25, -0.2) is 0 Å². The van der Waals surface area contributed by atoms with Crippen molar-refractivity contribution in [2.24, 2.45) is 0 Å². The standard InChI is InChI=1S/C22H20Cl2N2O3/c23-18-4-1-3-15(9-18)14-29-21-7-6-19(24)11-16(21)10-17(12-25)22(27)26-13-20-5-2-8-28-20/h1,3-4,6-7,9-11,20H,2,5,8,13-14H2,(H,26,27)/b17-10+/t20-/m0/s1. The summed E-state index contributed by atoms with van der Waals surface area (Å²) in [7, 11) is 0. The van der Waals surface area contributed by atoms with Crippen LogP contribution in [0.4, 0.5) is 0 Å². The molecule has 0 bridgehead atoms. The summed E-state index contributed by atoms with van der Waals surface area (Å²) in [5.41, 5.74) is 1.42. The molecule has 0 aromatic heterocycles. The highest BCUT2D eigenvalue weighted by Crippen LogP contribution is 2.26. The van der Waals surface area contributed by atoms with Crippen LogP contribution in [0.3, 0.4) is 0 Å². The summed E-state index contributed by atoms with van der Waals surface area (Å²) in [6.45, 7) is 1.37. The number of benzene rings is 2. The van der Waals surface area contributed by atoms with Gasteiger partial charge >= 0.3 is 0 Å². The Labute approximate surface area is 179 Å². The fourth-order valence-corrected chi connectivity index (χ4v) is 3.36. The molecule has 7 heteroatoms. The maximum Gasteiger partial charge on any atom is 0.262 e. The molecule has 1 aliphatic heterocycles. The largest absolute Gasteiger partial charge is 0.488 e. The number of nitriles is 1. The lowest BCUT2D eigenvalue weighted by Gasteiger charge is -2.12. The van der Waals surface area contributed by atoms with Crippen LogP contribution in [0.2, 0.25) is 10.0 Å². The van der Waals surface area contributed by atoms with Crippen LogP contribution in [0.15, 0.2) is 48.0 Å². The van der Waals surface area contributed by atoms with Crippen LogP contribution < -0.4 is 10.1 Å². The third-order valence-electron chi connectivity index (χ3n) is 4.43. The van der Waals surface area contributed by atoms with E-state index in [1.54, 1.807) is 24.3 Å². The maximum atomic E-state index is 12.4. The van der Waals surface area contributed by atoms with Crippen LogP contribution >= 0.6 is 23.2 Å². The van der Waals surface area contributed by atoms with Gasteiger partial charge in [0.2, 0.25) is 0 Å². The van der Waals surface area contributed by atoms with Crippen molar-refractivity contribution in [3.05, 3.63) is 69.2 Å². The lowest BCUT2D eigenvalue weighted by molar-refractivity contribution is -0.117. The van der Waals surface area contributed by atoms with Gasteiger partial charge in [0, 0.05) is 28.8 Å². The molecule has 1 fully saturated rings. The van der Waals surface area contributed by atoms with E-state index in [1.165, 1.54) is 6.08 Å². The molecule has 0 radical (unpaired) electrons. The van der Waals surface area contributed by atoms with E-state index in [9.17, 15) is 10.1 Å². The number of carbonyl (C=O) groups excluding carboxylic acids is 1. The first-order chi connectivity index (χ1) is 14.0. The van der Waals surface area contributed by atoms with Gasteiger partial charge in [-0.2, -0.15) is 5.26 Å². The normalized spacial score (nSPS) is 16.3. The Morgan fingerprint density at radius 2 is 2.10 bits per heavy atom. The molecule has 29 heavy (non-hydrogen) atoms. The highest BCUT2D eigenvalue weighted by molar-refractivity contribution is 6.31. The van der Waals surface area contributed by atoms with Crippen LogP contribution in [0.25, 0.3) is 6.08 Å². The van der Waals surface area contributed by atoms with Crippen molar-refractivity contribution in [3.63, 3.8) is 0 Å². The minimum atomic E-state index is -0.455. The van der Waals surface area contributed by atoms with Crippen molar-refractivity contribution in [1.29, 1.82) is 5.26 Å². The van der Waals surface area contributed by atoms with Crippen LogP contribution in [-0.4, -0.2) is 25.2 Å². The van der Waals surface area contributed by atoms with E-state index < -0.39 is 5.91 Å². The molecule has 1 N–H and O–H groups in total. The van der Waals surface area contributed by atoms with Gasteiger partial charge in [0.05, 0.1) is 6.10 Å². The predicted octanol–water partition coefficient (Wildman–Crippen LogP) is 4.77. The number of hydrogen-bond acceptors (Lipinski definition) is 4. The molecular formula is C22H20Cl2N2O3. The molecule has 0 saturated carbocycles. The summed E-state index contributed by atoms with van der Waals surface area (Å²) in [5, 5.41) is 13.3. The Kier molecular flexibility index (Phi) is 7.54. The second-order valence-electron chi connectivity index (χ2n) is 6.62. The SMILES string of the molecule is N#C/C(=C\c1cc(Cl)ccc1OCc1cccc(Cl)c1)C(=O)NC[C@@H]1CCCO1. The van der Waals surface area contributed by atoms with E-state index in [0.717, 1.165) is 18.4 Å². The van der Waals surface area contributed by atoms with Gasteiger partial charge in [0.15, 0.2) is 0 Å². The summed E-state index contributed by atoms with van der Waals surface area (Å²) in [6, 6.07) is 14.3. The smallest absolute Gasteiger partial charge is 0.262 e. The van der Waals surface area contributed by atoms with Crippen molar-refractivity contribution in [3.8, 4) is 11.8 Å². The average molecular weight is 431 g/mol. The molecule has 5 nitrogen and oxygen atoms in total. The monoisotopic (exact) mass is 430 g/mol. The van der Waals surface area contributed by atoms with E-state index in [-0.39, 0.29) is 18.3 Å². The number of rotatable bonds is 7. The van der Waals surface area contributed by atoms with Crippen molar-refractivity contribution in [2.75, 3.05) is 13.2 Å². The molecule has 1 saturated heterocycles. The van der Waals surface area contributed by atoms with Crippen molar-refractivity contribution in [2.45, 2.75) is 25.6 Å². The summed E-state index contributed by atoms with van der Waals surface area (Å²) in [4.78, 5) is 12.4. The molecule has 0 spiro atoms. The quantitative estimate of drug-likeness (QED) is 0.506. The zero-order chi connectivity index (χ0) is 20.6. The van der Waals surface area contributed by atoms with E-state index in [0.29, 0.717) is 34.5 Å². The Morgan fingerprint density at radius 1 is 1.28 bits per heavy atom. The highest BCUT2D eigenvalue weighted by Gasteiger charge is 2.18. The van der Waals surface area contributed by atoms with Crippen LogP contribution in [0.5, 0.6) is 5.75 Å².